The predicted octanol–water partition coefficient (Wildman–Crippen LogP) is 3.97. The van der Waals surface area contributed by atoms with E-state index in [2.05, 4.69) is 41.3 Å². The van der Waals surface area contributed by atoms with Crippen molar-refractivity contribution in [3.05, 3.63) is 59.0 Å². The van der Waals surface area contributed by atoms with Crippen molar-refractivity contribution in [2.75, 3.05) is 6.54 Å². The number of furan rings is 1. The molecule has 1 aromatic heterocycles. The first-order chi connectivity index (χ1) is 10.3. The number of nitrogens with zero attached hydrogens (tertiary/aromatic N) is 1. The topological polar surface area (TPSA) is 16.4 Å². The molecule has 1 saturated heterocycles. The van der Waals surface area contributed by atoms with Gasteiger partial charge in [0.2, 0.25) is 0 Å². The van der Waals surface area contributed by atoms with Crippen LogP contribution in [-0.4, -0.2) is 17.5 Å². The minimum atomic E-state index is 0.674. The first-order valence-corrected chi connectivity index (χ1v) is 8.14. The zero-order valence-corrected chi connectivity index (χ0v) is 12.7. The molecule has 1 aromatic carbocycles. The van der Waals surface area contributed by atoms with Gasteiger partial charge >= 0.3 is 0 Å². The number of hydrogen-bond donors (Lipinski definition) is 0. The maximum Gasteiger partial charge on any atom is 0.118 e. The highest BCUT2D eigenvalue weighted by atomic mass is 16.3. The number of piperidine rings is 1. The molecule has 21 heavy (non-hydrogen) atoms. The van der Waals surface area contributed by atoms with E-state index in [0.29, 0.717) is 6.04 Å². The molecule has 2 nitrogen and oxygen atoms in total. The number of hydrogen-bond acceptors (Lipinski definition) is 2. The van der Waals surface area contributed by atoms with Crippen LogP contribution >= 0.6 is 0 Å². The van der Waals surface area contributed by atoms with Crippen LogP contribution in [0.3, 0.4) is 0 Å². The van der Waals surface area contributed by atoms with Crippen molar-refractivity contribution in [2.24, 2.45) is 5.92 Å². The fourth-order valence-electron chi connectivity index (χ4n) is 4.06. The van der Waals surface area contributed by atoms with Crippen LogP contribution in [-0.2, 0) is 19.4 Å². The largest absolute Gasteiger partial charge is 0.465 e. The van der Waals surface area contributed by atoms with Gasteiger partial charge in [-0.25, -0.2) is 0 Å². The lowest BCUT2D eigenvalue weighted by Crippen LogP contribution is -2.46. The summed E-state index contributed by atoms with van der Waals surface area (Å²) in [7, 11) is 0. The summed E-state index contributed by atoms with van der Waals surface area (Å²) < 4.78 is 5.79. The third-order valence-corrected chi connectivity index (χ3v) is 5.15. The van der Waals surface area contributed by atoms with Crippen molar-refractivity contribution in [3.63, 3.8) is 0 Å². The molecule has 3 heterocycles. The van der Waals surface area contributed by atoms with Gasteiger partial charge in [0.1, 0.15) is 11.5 Å². The van der Waals surface area contributed by atoms with Crippen molar-refractivity contribution in [1.82, 2.24) is 4.90 Å². The molecule has 1 fully saturated rings. The van der Waals surface area contributed by atoms with Gasteiger partial charge in [0, 0.05) is 12.6 Å². The lowest BCUT2D eigenvalue weighted by Gasteiger charge is -2.42. The molecule has 0 amide bonds. The van der Waals surface area contributed by atoms with Crippen molar-refractivity contribution >= 4 is 0 Å². The zero-order chi connectivity index (χ0) is 14.2. The van der Waals surface area contributed by atoms with E-state index in [0.717, 1.165) is 24.0 Å². The molecule has 2 bridgehead atoms. The molecule has 0 saturated carbocycles. The maximum atomic E-state index is 5.79. The van der Waals surface area contributed by atoms with Gasteiger partial charge in [-0.05, 0) is 61.8 Å². The first kappa shape index (κ1) is 13.1. The summed E-state index contributed by atoms with van der Waals surface area (Å²) in [6, 6.07) is 13.9. The molecule has 5 rings (SSSR count). The maximum absolute atomic E-state index is 5.79. The van der Waals surface area contributed by atoms with Gasteiger partial charge in [-0.1, -0.05) is 24.3 Å². The second-order valence-electron chi connectivity index (χ2n) is 6.72. The minimum Gasteiger partial charge on any atom is -0.465 e. The molecule has 0 spiro atoms. The van der Waals surface area contributed by atoms with E-state index in [-0.39, 0.29) is 0 Å². The van der Waals surface area contributed by atoms with Crippen molar-refractivity contribution in [2.45, 2.75) is 45.2 Å². The molecule has 0 radical (unpaired) electrons. The summed E-state index contributed by atoms with van der Waals surface area (Å²) in [6.45, 7) is 4.22. The summed E-state index contributed by atoms with van der Waals surface area (Å²) in [5, 5.41) is 0. The van der Waals surface area contributed by atoms with E-state index in [1.165, 1.54) is 32.2 Å². The number of benzene rings is 1. The molecular formula is C19H23NO. The summed E-state index contributed by atoms with van der Waals surface area (Å²) in [4.78, 5) is 2.66. The summed E-state index contributed by atoms with van der Waals surface area (Å²) in [5.74, 6) is 2.94. The third-order valence-electron chi connectivity index (χ3n) is 5.15. The van der Waals surface area contributed by atoms with Gasteiger partial charge < -0.3 is 4.42 Å². The average Bonchev–Trinajstić information content (AvgIpc) is 2.85. The van der Waals surface area contributed by atoms with Crippen LogP contribution in [0.25, 0.3) is 0 Å². The van der Waals surface area contributed by atoms with E-state index in [1.54, 1.807) is 11.1 Å². The molecule has 0 unspecified atom stereocenters. The SMILES string of the molecule is Cc1ccc(CN2C[C@H]3CC[C@@H]2Cc2ccccc2C3)o1. The molecule has 2 aliphatic heterocycles. The molecule has 0 N–H and O–H groups in total. The second kappa shape index (κ2) is 5.34. The summed E-state index contributed by atoms with van der Waals surface area (Å²) >= 11 is 0. The number of fused-ring (bicyclic) bond motifs is 2. The highest BCUT2D eigenvalue weighted by molar-refractivity contribution is 5.30. The van der Waals surface area contributed by atoms with E-state index in [9.17, 15) is 0 Å². The fourth-order valence-corrected chi connectivity index (χ4v) is 4.06. The van der Waals surface area contributed by atoms with E-state index >= 15 is 0 Å². The van der Waals surface area contributed by atoms with Crippen LogP contribution < -0.4 is 0 Å². The van der Waals surface area contributed by atoms with E-state index in [4.69, 9.17) is 4.42 Å². The number of rotatable bonds is 2. The molecular weight excluding hydrogens is 258 g/mol. The van der Waals surface area contributed by atoms with Gasteiger partial charge in [-0.2, -0.15) is 0 Å². The van der Waals surface area contributed by atoms with Gasteiger partial charge in [0.25, 0.3) is 0 Å². The quantitative estimate of drug-likeness (QED) is 0.828. The normalized spacial score (nSPS) is 25.4. The second-order valence-corrected chi connectivity index (χ2v) is 6.72. The highest BCUT2D eigenvalue weighted by Crippen LogP contribution is 2.33. The average molecular weight is 281 g/mol. The molecule has 110 valence electrons. The van der Waals surface area contributed by atoms with Crippen LogP contribution in [0.1, 0.15) is 35.5 Å². The highest BCUT2D eigenvalue weighted by Gasteiger charge is 2.32. The van der Waals surface area contributed by atoms with Crippen LogP contribution in [0, 0.1) is 12.8 Å². The van der Waals surface area contributed by atoms with Gasteiger partial charge in [-0.15, -0.1) is 0 Å². The molecule has 2 aromatic rings. The Morgan fingerprint density at radius 1 is 1.05 bits per heavy atom. The lowest BCUT2D eigenvalue weighted by atomic mass is 9.80. The van der Waals surface area contributed by atoms with Gasteiger partial charge in [0.15, 0.2) is 0 Å². The van der Waals surface area contributed by atoms with Crippen LogP contribution in [0.5, 0.6) is 0 Å². The third kappa shape index (κ3) is 2.65. The van der Waals surface area contributed by atoms with Crippen LogP contribution in [0.15, 0.2) is 40.8 Å². The summed E-state index contributed by atoms with van der Waals surface area (Å²) in [6.07, 6.45) is 5.16. The summed E-state index contributed by atoms with van der Waals surface area (Å²) in [5.41, 5.74) is 3.15. The van der Waals surface area contributed by atoms with Crippen molar-refractivity contribution < 1.29 is 4.42 Å². The van der Waals surface area contributed by atoms with Crippen LogP contribution in [0.2, 0.25) is 0 Å². The fraction of sp³-hybridized carbons (Fsp3) is 0.474. The molecule has 1 aliphatic carbocycles. The molecule has 3 aliphatic rings. The minimum absolute atomic E-state index is 0.674. The monoisotopic (exact) mass is 281 g/mol. The Morgan fingerprint density at radius 2 is 1.86 bits per heavy atom. The Bertz CT molecular complexity index is 630. The first-order valence-electron chi connectivity index (χ1n) is 8.14. The predicted molar refractivity (Wildman–Crippen MR) is 84.2 cm³/mol. The number of aryl methyl sites for hydroxylation is 1. The Morgan fingerprint density at radius 3 is 2.62 bits per heavy atom. The molecule has 2 heteroatoms. The Balaban J connectivity index is 1.58. The Labute approximate surface area is 126 Å². The van der Waals surface area contributed by atoms with Crippen molar-refractivity contribution in [1.29, 1.82) is 0 Å². The lowest BCUT2D eigenvalue weighted by molar-refractivity contribution is 0.0864. The van der Waals surface area contributed by atoms with E-state index in [1.807, 2.05) is 6.92 Å². The standard InChI is InChI=1S/C19H23NO/c1-14-6-9-19(21-14)13-20-12-15-7-8-18(20)11-17-5-3-2-4-16(17)10-15/h2-6,9,15,18H,7-8,10-13H2,1H3/t15-,18+/m0/s1. The Kier molecular flexibility index (Phi) is 3.34. The van der Waals surface area contributed by atoms with Crippen LogP contribution in [0.4, 0.5) is 0 Å². The molecule has 2 atom stereocenters. The van der Waals surface area contributed by atoms with Crippen molar-refractivity contribution in [3.8, 4) is 0 Å². The Hall–Kier alpha value is -1.54. The van der Waals surface area contributed by atoms with E-state index < -0.39 is 0 Å². The van der Waals surface area contributed by atoms with Gasteiger partial charge in [-0.3, -0.25) is 4.90 Å². The van der Waals surface area contributed by atoms with Gasteiger partial charge in [0.05, 0.1) is 6.54 Å². The smallest absolute Gasteiger partial charge is 0.118 e. The zero-order valence-electron chi connectivity index (χ0n) is 12.7.